The molecule has 0 saturated carbocycles. The molecule has 1 aromatic heterocycles. The van der Waals surface area contributed by atoms with Crippen molar-refractivity contribution in [1.82, 2.24) is 19.8 Å². The second kappa shape index (κ2) is 11.3. The van der Waals surface area contributed by atoms with Crippen LogP contribution in [0.4, 0.5) is 0 Å². The zero-order chi connectivity index (χ0) is 25.0. The van der Waals surface area contributed by atoms with Crippen molar-refractivity contribution in [3.05, 3.63) is 57.6 Å². The van der Waals surface area contributed by atoms with Crippen molar-refractivity contribution in [3.63, 3.8) is 0 Å². The summed E-state index contributed by atoms with van der Waals surface area (Å²) in [5, 5.41) is 9.36. The highest BCUT2D eigenvalue weighted by molar-refractivity contribution is 9.10. The van der Waals surface area contributed by atoms with E-state index >= 15 is 0 Å². The molecule has 0 aliphatic carbocycles. The minimum absolute atomic E-state index is 0.0561. The fourth-order valence-corrected chi connectivity index (χ4v) is 5.77. The lowest BCUT2D eigenvalue weighted by atomic mass is 9.82. The molecule has 4 rings (SSSR count). The first-order valence-corrected chi connectivity index (χ1v) is 13.4. The number of hydrogen-bond acceptors (Lipinski definition) is 6. The number of likely N-dealkylation sites (tertiary alicyclic amines) is 2. The molecule has 2 aliphatic heterocycles. The second-order valence-electron chi connectivity index (χ2n) is 9.97. The van der Waals surface area contributed by atoms with Crippen LogP contribution in [-0.2, 0) is 0 Å². The molecule has 1 amide bonds. The number of amides is 1. The van der Waals surface area contributed by atoms with Crippen molar-refractivity contribution >= 4 is 27.5 Å². The molecule has 1 aromatic carbocycles. The number of benzene rings is 1. The summed E-state index contributed by atoms with van der Waals surface area (Å²) < 4.78 is 1.06. The van der Waals surface area contributed by atoms with Crippen LogP contribution in [-0.4, -0.2) is 81.4 Å². The molecule has 0 radical (unpaired) electrons. The standard InChI is InChI=1S/C27H36BrN5O2/c1-19-24(20(2)31-18-30-19)26(35)32-15-10-27(3,11-16-32)33-13-8-22(9-14-33)25(29-12-17-34)21-4-6-23(28)7-5-21/h4-7,18,22,34H,8-17H2,1-3H3/b29-25+. The Bertz CT molecular complexity index is 1040. The van der Waals surface area contributed by atoms with Crippen molar-refractivity contribution in [2.45, 2.75) is 52.0 Å². The molecule has 0 spiro atoms. The molecular weight excluding hydrogens is 506 g/mol. The van der Waals surface area contributed by atoms with Crippen molar-refractivity contribution in [2.75, 3.05) is 39.3 Å². The predicted octanol–water partition coefficient (Wildman–Crippen LogP) is 4.04. The third-order valence-corrected chi connectivity index (χ3v) is 8.26. The highest BCUT2D eigenvalue weighted by Gasteiger charge is 2.39. The zero-order valence-corrected chi connectivity index (χ0v) is 22.6. The Morgan fingerprint density at radius 3 is 2.26 bits per heavy atom. The molecule has 7 nitrogen and oxygen atoms in total. The summed E-state index contributed by atoms with van der Waals surface area (Å²) in [5.41, 5.74) is 4.52. The molecule has 0 atom stereocenters. The summed E-state index contributed by atoms with van der Waals surface area (Å²) in [6.45, 7) is 10.2. The van der Waals surface area contributed by atoms with Gasteiger partial charge < -0.3 is 10.0 Å². The molecule has 2 aliphatic rings. The Balaban J connectivity index is 1.38. The van der Waals surface area contributed by atoms with Gasteiger partial charge in [0.25, 0.3) is 5.91 Å². The van der Waals surface area contributed by atoms with Crippen LogP contribution in [0.2, 0.25) is 0 Å². The average Bonchev–Trinajstić information content (AvgIpc) is 2.86. The number of carbonyl (C=O) groups excluding carboxylic acids is 1. The van der Waals surface area contributed by atoms with Crippen molar-refractivity contribution in [1.29, 1.82) is 0 Å². The Hall–Kier alpha value is -2.16. The maximum absolute atomic E-state index is 13.2. The van der Waals surface area contributed by atoms with E-state index in [1.807, 2.05) is 18.7 Å². The van der Waals surface area contributed by atoms with E-state index in [0.29, 0.717) is 18.0 Å². The zero-order valence-electron chi connectivity index (χ0n) is 21.0. The summed E-state index contributed by atoms with van der Waals surface area (Å²) in [6.07, 6.45) is 5.56. The normalized spacial score (nSPS) is 19.7. The highest BCUT2D eigenvalue weighted by atomic mass is 79.9. The molecule has 1 N–H and O–H groups in total. The number of aliphatic hydroxyl groups excluding tert-OH is 1. The first kappa shape index (κ1) is 25.9. The SMILES string of the molecule is Cc1ncnc(C)c1C(=O)N1CCC(C)(N2CCC(/C(=N/CCO)c3ccc(Br)cc3)CC2)CC1. The quantitative estimate of drug-likeness (QED) is 0.558. The Morgan fingerprint density at radius 2 is 1.69 bits per heavy atom. The Morgan fingerprint density at radius 1 is 1.09 bits per heavy atom. The van der Waals surface area contributed by atoms with Gasteiger partial charge in [-0.15, -0.1) is 0 Å². The third kappa shape index (κ3) is 5.81. The molecule has 2 fully saturated rings. The lowest BCUT2D eigenvalue weighted by Gasteiger charge is -2.49. The largest absolute Gasteiger partial charge is 0.394 e. The smallest absolute Gasteiger partial charge is 0.257 e. The van der Waals surface area contributed by atoms with Crippen LogP contribution in [0.5, 0.6) is 0 Å². The van der Waals surface area contributed by atoms with E-state index in [9.17, 15) is 9.90 Å². The number of carbonyl (C=O) groups is 1. The predicted molar refractivity (Wildman–Crippen MR) is 142 cm³/mol. The van der Waals surface area contributed by atoms with Crippen LogP contribution in [0, 0.1) is 19.8 Å². The molecule has 0 bridgehead atoms. The number of aliphatic hydroxyl groups is 1. The van der Waals surface area contributed by atoms with Crippen molar-refractivity contribution in [3.8, 4) is 0 Å². The lowest BCUT2D eigenvalue weighted by molar-refractivity contribution is 0.0163. The van der Waals surface area contributed by atoms with Crippen LogP contribution in [0.25, 0.3) is 0 Å². The first-order chi connectivity index (χ1) is 16.8. The lowest BCUT2D eigenvalue weighted by Crippen LogP contribution is -2.56. The van der Waals surface area contributed by atoms with Gasteiger partial charge >= 0.3 is 0 Å². The molecule has 188 valence electrons. The van der Waals surface area contributed by atoms with E-state index in [4.69, 9.17) is 4.99 Å². The molecule has 0 unspecified atom stereocenters. The average molecular weight is 543 g/mol. The van der Waals surface area contributed by atoms with Gasteiger partial charge in [-0.25, -0.2) is 9.97 Å². The third-order valence-electron chi connectivity index (χ3n) is 7.74. The van der Waals surface area contributed by atoms with Crippen LogP contribution >= 0.6 is 15.9 Å². The first-order valence-electron chi connectivity index (χ1n) is 12.6. The van der Waals surface area contributed by atoms with Gasteiger partial charge in [-0.1, -0.05) is 28.1 Å². The number of nitrogens with zero attached hydrogens (tertiary/aromatic N) is 5. The van der Waals surface area contributed by atoms with E-state index in [-0.39, 0.29) is 18.1 Å². The molecule has 3 heterocycles. The summed E-state index contributed by atoms with van der Waals surface area (Å²) in [5.74, 6) is 0.453. The van der Waals surface area contributed by atoms with Gasteiger partial charge in [-0.05, 0) is 77.2 Å². The monoisotopic (exact) mass is 541 g/mol. The minimum Gasteiger partial charge on any atom is -0.394 e. The maximum Gasteiger partial charge on any atom is 0.257 e. The number of aromatic nitrogens is 2. The van der Waals surface area contributed by atoms with Gasteiger partial charge in [0.2, 0.25) is 0 Å². The topological polar surface area (TPSA) is 81.9 Å². The minimum atomic E-state index is 0.0561. The summed E-state index contributed by atoms with van der Waals surface area (Å²) in [6, 6.07) is 8.34. The Labute approximate surface area is 216 Å². The number of hydrogen-bond donors (Lipinski definition) is 1. The van der Waals surface area contributed by atoms with Gasteiger partial charge in [0.15, 0.2) is 0 Å². The fourth-order valence-electron chi connectivity index (χ4n) is 5.51. The van der Waals surface area contributed by atoms with Crippen LogP contribution in [0.15, 0.2) is 40.1 Å². The number of piperidine rings is 2. The second-order valence-corrected chi connectivity index (χ2v) is 10.9. The van der Waals surface area contributed by atoms with E-state index in [1.165, 1.54) is 6.33 Å². The van der Waals surface area contributed by atoms with Crippen molar-refractivity contribution < 1.29 is 9.90 Å². The molecular formula is C27H36BrN5O2. The van der Waals surface area contributed by atoms with Gasteiger partial charge in [0, 0.05) is 34.7 Å². The van der Waals surface area contributed by atoms with Crippen LogP contribution in [0.3, 0.4) is 0 Å². The van der Waals surface area contributed by atoms with Crippen molar-refractivity contribution in [2.24, 2.45) is 10.9 Å². The van der Waals surface area contributed by atoms with Crippen LogP contribution < -0.4 is 0 Å². The molecule has 8 heteroatoms. The molecule has 2 saturated heterocycles. The summed E-state index contributed by atoms with van der Waals surface area (Å²) >= 11 is 3.52. The molecule has 2 aromatic rings. The van der Waals surface area contributed by atoms with E-state index in [0.717, 1.165) is 79.0 Å². The van der Waals surface area contributed by atoms with E-state index in [2.05, 4.69) is 62.0 Å². The maximum atomic E-state index is 13.2. The number of halogens is 1. The summed E-state index contributed by atoms with van der Waals surface area (Å²) in [7, 11) is 0. The number of rotatable bonds is 6. The van der Waals surface area contributed by atoms with Crippen LogP contribution in [0.1, 0.15) is 59.9 Å². The van der Waals surface area contributed by atoms with Gasteiger partial charge in [0.05, 0.1) is 30.1 Å². The van der Waals surface area contributed by atoms with E-state index < -0.39 is 0 Å². The Kier molecular flexibility index (Phi) is 8.34. The van der Waals surface area contributed by atoms with E-state index in [1.54, 1.807) is 0 Å². The summed E-state index contributed by atoms with van der Waals surface area (Å²) in [4.78, 5) is 31.0. The number of aryl methyl sites for hydroxylation is 2. The van der Waals surface area contributed by atoms with Gasteiger partial charge in [-0.3, -0.25) is 14.7 Å². The fraction of sp³-hybridized carbons (Fsp3) is 0.556. The molecule has 35 heavy (non-hydrogen) atoms. The number of aliphatic imine (C=N–C) groups is 1. The highest BCUT2D eigenvalue weighted by Crippen LogP contribution is 2.34. The van der Waals surface area contributed by atoms with Gasteiger partial charge in [0.1, 0.15) is 6.33 Å². The van der Waals surface area contributed by atoms with Gasteiger partial charge in [-0.2, -0.15) is 0 Å².